The third-order valence-electron chi connectivity index (χ3n) is 4.39. The third kappa shape index (κ3) is 4.81. The molecule has 3 aromatic carbocycles. The highest BCUT2D eigenvalue weighted by atomic mass is 35.5. The van der Waals surface area contributed by atoms with Gasteiger partial charge in [-0.1, -0.05) is 77.5 Å². The van der Waals surface area contributed by atoms with Gasteiger partial charge in [0, 0.05) is 16.8 Å². The molecule has 0 atom stereocenters. The fourth-order valence-corrected chi connectivity index (χ4v) is 4.71. The second-order valence-electron chi connectivity index (χ2n) is 6.56. The lowest BCUT2D eigenvalue weighted by Gasteiger charge is -2.13. The van der Waals surface area contributed by atoms with Gasteiger partial charge in [-0.25, -0.2) is 13.6 Å². The lowest BCUT2D eigenvalue weighted by molar-refractivity contribution is 0.102. The molecule has 3 N–H and O–H groups in total. The zero-order valence-electron chi connectivity index (χ0n) is 16.4. The second-order valence-corrected chi connectivity index (χ2v) is 9.67. The summed E-state index contributed by atoms with van der Waals surface area (Å²) in [6, 6.07) is 22.0. The summed E-state index contributed by atoms with van der Waals surface area (Å²) in [6.07, 6.45) is 0. The number of carbonyl (C=O) groups excluding carboxylic acids is 1. The summed E-state index contributed by atoms with van der Waals surface area (Å²) in [5.74, 6) is 0.0815. The number of hydrogen-bond acceptors (Lipinski definition) is 6. The summed E-state index contributed by atoms with van der Waals surface area (Å²) in [6.45, 7) is 0. The van der Waals surface area contributed by atoms with Crippen molar-refractivity contribution in [2.75, 3.05) is 5.32 Å². The molecule has 0 aliphatic carbocycles. The van der Waals surface area contributed by atoms with Crippen molar-refractivity contribution in [3.05, 3.63) is 88.2 Å². The Morgan fingerprint density at radius 2 is 1.56 bits per heavy atom. The van der Waals surface area contributed by atoms with E-state index in [0.717, 1.165) is 11.3 Å². The van der Waals surface area contributed by atoms with E-state index in [4.69, 9.17) is 21.5 Å². The Balaban J connectivity index is 1.69. The van der Waals surface area contributed by atoms with Crippen LogP contribution < -0.4 is 15.2 Å². The number of thiazole rings is 1. The Morgan fingerprint density at radius 1 is 0.938 bits per heavy atom. The zero-order chi connectivity index (χ0) is 22.7. The van der Waals surface area contributed by atoms with E-state index < -0.39 is 15.9 Å². The maximum absolute atomic E-state index is 13.1. The van der Waals surface area contributed by atoms with Crippen LogP contribution in [0.5, 0.6) is 11.6 Å². The number of rotatable bonds is 6. The van der Waals surface area contributed by atoms with Crippen LogP contribution in [0, 0.1) is 0 Å². The molecule has 0 saturated heterocycles. The van der Waals surface area contributed by atoms with Gasteiger partial charge in [0.1, 0.15) is 5.75 Å². The lowest BCUT2D eigenvalue weighted by atomic mass is 10.0. The standard InChI is InChI=1S/C22H16ClN3O4S2/c23-22-26-21(30-14-8-2-1-3-9-14)19(31-22)20(27)25-17-12-6-4-10-15(17)16-11-5-7-13-18(16)32(24,28)29/h1-13H,(H,25,27)(H2,24,28,29). The molecule has 0 aliphatic rings. The van der Waals surface area contributed by atoms with Crippen LogP contribution >= 0.6 is 22.9 Å². The Bertz CT molecular complexity index is 1390. The van der Waals surface area contributed by atoms with Gasteiger partial charge in [-0.15, -0.1) is 0 Å². The molecule has 7 nitrogen and oxygen atoms in total. The average Bonchev–Trinajstić information content (AvgIpc) is 3.14. The number of hydrogen-bond donors (Lipinski definition) is 2. The van der Waals surface area contributed by atoms with Crippen molar-refractivity contribution < 1.29 is 17.9 Å². The summed E-state index contributed by atoms with van der Waals surface area (Å²) in [5.41, 5.74) is 1.25. The minimum atomic E-state index is -3.98. The maximum atomic E-state index is 13.1. The molecular formula is C22H16ClN3O4S2. The molecular weight excluding hydrogens is 470 g/mol. The van der Waals surface area contributed by atoms with E-state index in [-0.39, 0.29) is 20.1 Å². The van der Waals surface area contributed by atoms with Gasteiger partial charge in [0.25, 0.3) is 5.91 Å². The number of aromatic nitrogens is 1. The predicted molar refractivity (Wildman–Crippen MR) is 125 cm³/mol. The Morgan fingerprint density at radius 3 is 2.28 bits per heavy atom. The number of ether oxygens (including phenoxy) is 1. The average molecular weight is 486 g/mol. The van der Waals surface area contributed by atoms with Gasteiger partial charge >= 0.3 is 0 Å². The van der Waals surface area contributed by atoms with Gasteiger partial charge in [0.2, 0.25) is 15.9 Å². The smallest absolute Gasteiger partial charge is 0.271 e. The molecule has 1 aromatic heterocycles. The van der Waals surface area contributed by atoms with Crippen LogP contribution in [-0.4, -0.2) is 19.3 Å². The number of nitrogens with one attached hydrogen (secondary N) is 1. The highest BCUT2D eigenvalue weighted by molar-refractivity contribution is 7.89. The summed E-state index contributed by atoms with van der Waals surface area (Å²) in [5, 5.41) is 8.18. The van der Waals surface area contributed by atoms with Gasteiger partial charge in [0.05, 0.1) is 4.90 Å². The van der Waals surface area contributed by atoms with Gasteiger partial charge in [-0.05, 0) is 24.3 Å². The highest BCUT2D eigenvalue weighted by Crippen LogP contribution is 2.35. The van der Waals surface area contributed by atoms with Crippen molar-refractivity contribution in [3.63, 3.8) is 0 Å². The lowest BCUT2D eigenvalue weighted by Crippen LogP contribution is -2.15. The van der Waals surface area contributed by atoms with Crippen molar-refractivity contribution in [2.24, 2.45) is 5.14 Å². The molecule has 0 radical (unpaired) electrons. The molecule has 0 aliphatic heterocycles. The van der Waals surface area contributed by atoms with Crippen LogP contribution in [-0.2, 0) is 10.0 Å². The fraction of sp³-hybridized carbons (Fsp3) is 0. The molecule has 0 unspecified atom stereocenters. The number of anilines is 1. The molecule has 4 aromatic rings. The maximum Gasteiger partial charge on any atom is 0.271 e. The third-order valence-corrected chi connectivity index (χ3v) is 6.50. The molecule has 0 bridgehead atoms. The van der Waals surface area contributed by atoms with E-state index in [0.29, 0.717) is 22.6 Å². The highest BCUT2D eigenvalue weighted by Gasteiger charge is 2.22. The molecule has 162 valence electrons. The number of nitrogens with two attached hydrogens (primary N) is 1. The van der Waals surface area contributed by atoms with Crippen molar-refractivity contribution in [1.29, 1.82) is 0 Å². The molecule has 0 saturated carbocycles. The Hall–Kier alpha value is -3.24. The fourth-order valence-electron chi connectivity index (χ4n) is 3.04. The Labute approximate surface area is 193 Å². The van der Waals surface area contributed by atoms with Crippen LogP contribution in [0.2, 0.25) is 4.47 Å². The van der Waals surface area contributed by atoms with Crippen LogP contribution in [0.25, 0.3) is 11.1 Å². The first-order chi connectivity index (χ1) is 15.3. The Kier molecular flexibility index (Phi) is 6.24. The van der Waals surface area contributed by atoms with Crippen LogP contribution in [0.4, 0.5) is 5.69 Å². The number of amides is 1. The number of carbonyl (C=O) groups is 1. The quantitative estimate of drug-likeness (QED) is 0.392. The van der Waals surface area contributed by atoms with E-state index in [1.165, 1.54) is 6.07 Å². The van der Waals surface area contributed by atoms with Crippen molar-refractivity contribution in [3.8, 4) is 22.8 Å². The van der Waals surface area contributed by atoms with E-state index >= 15 is 0 Å². The van der Waals surface area contributed by atoms with E-state index in [9.17, 15) is 13.2 Å². The first-order valence-corrected chi connectivity index (χ1v) is 12.0. The topological polar surface area (TPSA) is 111 Å². The van der Waals surface area contributed by atoms with Gasteiger partial charge in [-0.3, -0.25) is 4.79 Å². The van der Waals surface area contributed by atoms with Crippen LogP contribution in [0.1, 0.15) is 9.67 Å². The van der Waals surface area contributed by atoms with E-state index in [1.807, 2.05) is 6.07 Å². The van der Waals surface area contributed by atoms with Crippen LogP contribution in [0.15, 0.2) is 83.8 Å². The zero-order valence-corrected chi connectivity index (χ0v) is 18.7. The molecule has 4 rings (SSSR count). The first kappa shape index (κ1) is 22.0. The second kappa shape index (κ2) is 9.09. The van der Waals surface area contributed by atoms with Gasteiger partial charge in [0.15, 0.2) is 9.34 Å². The van der Waals surface area contributed by atoms with Crippen molar-refractivity contribution in [2.45, 2.75) is 4.90 Å². The SMILES string of the molecule is NS(=O)(=O)c1ccccc1-c1ccccc1NC(=O)c1sc(Cl)nc1Oc1ccccc1. The summed E-state index contributed by atoms with van der Waals surface area (Å²) < 4.78 is 30.0. The first-order valence-electron chi connectivity index (χ1n) is 9.25. The molecule has 0 spiro atoms. The van der Waals surface area contributed by atoms with Gasteiger partial charge < -0.3 is 10.1 Å². The number of para-hydroxylation sites is 2. The molecule has 1 amide bonds. The van der Waals surface area contributed by atoms with Crippen molar-refractivity contribution in [1.82, 2.24) is 4.98 Å². The molecule has 1 heterocycles. The van der Waals surface area contributed by atoms with E-state index in [2.05, 4.69) is 10.3 Å². The number of halogens is 1. The summed E-state index contributed by atoms with van der Waals surface area (Å²) in [7, 11) is -3.98. The number of nitrogens with zero attached hydrogens (tertiary/aromatic N) is 1. The predicted octanol–water partition coefficient (Wildman–Crippen LogP) is 5.16. The number of primary sulfonamides is 1. The molecule has 32 heavy (non-hydrogen) atoms. The molecule has 10 heteroatoms. The number of sulfonamides is 1. The van der Waals surface area contributed by atoms with Gasteiger partial charge in [-0.2, -0.15) is 4.98 Å². The largest absolute Gasteiger partial charge is 0.437 e. The summed E-state index contributed by atoms with van der Waals surface area (Å²) in [4.78, 5) is 17.3. The monoisotopic (exact) mass is 485 g/mol. The van der Waals surface area contributed by atoms with Crippen molar-refractivity contribution >= 4 is 44.6 Å². The van der Waals surface area contributed by atoms with Crippen LogP contribution in [0.3, 0.4) is 0 Å². The minimum Gasteiger partial charge on any atom is -0.437 e. The normalized spacial score (nSPS) is 11.2. The molecule has 0 fully saturated rings. The minimum absolute atomic E-state index is 0.0457. The number of benzene rings is 3. The van der Waals surface area contributed by atoms with E-state index in [1.54, 1.807) is 66.7 Å². The summed E-state index contributed by atoms with van der Waals surface area (Å²) >= 11 is 7.02.